The first-order valence-electron chi connectivity index (χ1n) is 9.55. The molecule has 8 heteroatoms. The molecule has 1 aromatic rings. The third-order valence-electron chi connectivity index (χ3n) is 5.02. The average molecular weight is 411 g/mol. The number of rotatable bonds is 6. The first kappa shape index (κ1) is 20.1. The minimum Gasteiger partial charge on any atom is -0.369 e. The summed E-state index contributed by atoms with van der Waals surface area (Å²) in [6, 6.07) is 5.25. The van der Waals surface area contributed by atoms with Crippen LogP contribution in [0.1, 0.15) is 25.7 Å². The Bertz CT molecular complexity index is 661. The first-order valence-corrected chi connectivity index (χ1v) is 11.1. The lowest BCUT2D eigenvalue weighted by atomic mass is 10.1. The summed E-state index contributed by atoms with van der Waals surface area (Å²) in [5.41, 5.74) is 1.63. The third kappa shape index (κ3) is 6.21. The molecule has 27 heavy (non-hydrogen) atoms. The van der Waals surface area contributed by atoms with Gasteiger partial charge in [-0.15, -0.1) is 0 Å². The van der Waals surface area contributed by atoms with Crippen molar-refractivity contribution in [1.82, 2.24) is 10.6 Å². The Morgan fingerprint density at radius 3 is 2.59 bits per heavy atom. The highest BCUT2D eigenvalue weighted by atomic mass is 35.5. The van der Waals surface area contributed by atoms with Crippen molar-refractivity contribution in [3.05, 3.63) is 23.2 Å². The fourth-order valence-corrected chi connectivity index (χ4v) is 4.73. The summed E-state index contributed by atoms with van der Waals surface area (Å²) < 4.78 is 0. The quantitative estimate of drug-likeness (QED) is 0.672. The highest BCUT2D eigenvalue weighted by Crippen LogP contribution is 2.30. The lowest BCUT2D eigenvalue weighted by Crippen LogP contribution is -2.41. The molecule has 1 saturated heterocycles. The molecule has 1 aromatic carbocycles. The number of carbonyl (C=O) groups excluding carboxylic acids is 2. The molecule has 1 heterocycles. The Morgan fingerprint density at radius 1 is 1.15 bits per heavy atom. The van der Waals surface area contributed by atoms with Crippen molar-refractivity contribution in [2.24, 2.45) is 5.92 Å². The van der Waals surface area contributed by atoms with Crippen LogP contribution < -0.4 is 20.9 Å². The van der Waals surface area contributed by atoms with Crippen molar-refractivity contribution in [1.29, 1.82) is 0 Å². The van der Waals surface area contributed by atoms with E-state index in [-0.39, 0.29) is 18.5 Å². The van der Waals surface area contributed by atoms with Gasteiger partial charge in [-0.3, -0.25) is 4.79 Å². The van der Waals surface area contributed by atoms with E-state index in [2.05, 4.69) is 20.9 Å². The lowest BCUT2D eigenvalue weighted by Gasteiger charge is -2.29. The van der Waals surface area contributed by atoms with E-state index in [4.69, 9.17) is 11.6 Å². The summed E-state index contributed by atoms with van der Waals surface area (Å²) in [6.45, 7) is 2.57. The van der Waals surface area contributed by atoms with Crippen molar-refractivity contribution in [2.75, 3.05) is 47.9 Å². The van der Waals surface area contributed by atoms with Gasteiger partial charge >= 0.3 is 6.03 Å². The SMILES string of the molecule is O=C(CNC(=O)NCC1CCCC1)Nc1ccc(N2CCSCC2)c(Cl)c1. The zero-order valence-electron chi connectivity index (χ0n) is 15.4. The van der Waals surface area contributed by atoms with Gasteiger partial charge in [0.1, 0.15) is 0 Å². The fraction of sp³-hybridized carbons (Fsp3) is 0.579. The van der Waals surface area contributed by atoms with Gasteiger partial charge in [0, 0.05) is 36.8 Å². The number of halogens is 1. The minimum absolute atomic E-state index is 0.0702. The molecule has 2 aliphatic rings. The number of hydrogen-bond acceptors (Lipinski definition) is 4. The van der Waals surface area contributed by atoms with Gasteiger partial charge in [0.15, 0.2) is 0 Å². The number of nitrogens with one attached hydrogen (secondary N) is 3. The highest BCUT2D eigenvalue weighted by Gasteiger charge is 2.16. The maximum Gasteiger partial charge on any atom is 0.315 e. The number of nitrogens with zero attached hydrogens (tertiary/aromatic N) is 1. The van der Waals surface area contributed by atoms with E-state index in [0.717, 1.165) is 30.3 Å². The van der Waals surface area contributed by atoms with Crippen LogP contribution in [0.4, 0.5) is 16.2 Å². The number of carbonyl (C=O) groups is 2. The first-order chi connectivity index (χ1) is 13.1. The van der Waals surface area contributed by atoms with E-state index in [1.807, 2.05) is 23.9 Å². The molecule has 2 fully saturated rings. The van der Waals surface area contributed by atoms with Gasteiger partial charge in [-0.1, -0.05) is 24.4 Å². The number of thioether (sulfide) groups is 1. The molecule has 0 aromatic heterocycles. The molecule has 0 atom stereocenters. The lowest BCUT2D eigenvalue weighted by molar-refractivity contribution is -0.115. The second-order valence-corrected chi connectivity index (χ2v) is 8.66. The number of benzene rings is 1. The Labute approximate surface area is 169 Å². The van der Waals surface area contributed by atoms with E-state index >= 15 is 0 Å². The number of amides is 3. The Morgan fingerprint density at radius 2 is 1.89 bits per heavy atom. The molecule has 0 radical (unpaired) electrons. The van der Waals surface area contributed by atoms with Gasteiger partial charge in [-0.2, -0.15) is 11.8 Å². The van der Waals surface area contributed by atoms with Gasteiger partial charge in [-0.25, -0.2) is 4.79 Å². The predicted octanol–water partition coefficient (Wildman–Crippen LogP) is 3.32. The third-order valence-corrected chi connectivity index (χ3v) is 6.26. The van der Waals surface area contributed by atoms with Crippen LogP contribution in [0.15, 0.2) is 18.2 Å². The molecule has 1 saturated carbocycles. The normalized spacial score (nSPS) is 17.6. The van der Waals surface area contributed by atoms with Crippen LogP contribution in [0.3, 0.4) is 0 Å². The molecule has 0 bridgehead atoms. The molecular formula is C19H27ClN4O2S. The molecule has 1 aliphatic heterocycles. The largest absolute Gasteiger partial charge is 0.369 e. The highest BCUT2D eigenvalue weighted by molar-refractivity contribution is 7.99. The van der Waals surface area contributed by atoms with Crippen molar-refractivity contribution in [3.8, 4) is 0 Å². The number of hydrogen-bond donors (Lipinski definition) is 3. The van der Waals surface area contributed by atoms with Crippen molar-refractivity contribution < 1.29 is 9.59 Å². The number of anilines is 2. The van der Waals surface area contributed by atoms with Crippen LogP contribution >= 0.6 is 23.4 Å². The average Bonchev–Trinajstić information content (AvgIpc) is 3.19. The monoisotopic (exact) mass is 410 g/mol. The molecule has 1 aliphatic carbocycles. The molecule has 6 nitrogen and oxygen atoms in total. The molecule has 3 N–H and O–H groups in total. The van der Waals surface area contributed by atoms with Gasteiger partial charge in [0.05, 0.1) is 17.3 Å². The topological polar surface area (TPSA) is 73.5 Å². The molecule has 3 amide bonds. The van der Waals surface area contributed by atoms with Crippen LogP contribution in [0.5, 0.6) is 0 Å². The fourth-order valence-electron chi connectivity index (χ4n) is 3.53. The van der Waals surface area contributed by atoms with Crippen LogP contribution in [0.2, 0.25) is 5.02 Å². The van der Waals surface area contributed by atoms with E-state index in [0.29, 0.717) is 23.2 Å². The maximum absolute atomic E-state index is 12.1. The van der Waals surface area contributed by atoms with Crippen LogP contribution in [0, 0.1) is 5.92 Å². The van der Waals surface area contributed by atoms with Crippen LogP contribution in [-0.4, -0.2) is 49.6 Å². The van der Waals surface area contributed by atoms with E-state index in [1.165, 1.54) is 25.7 Å². The minimum atomic E-state index is -0.298. The second kappa shape index (κ2) is 10.1. The predicted molar refractivity (Wildman–Crippen MR) is 113 cm³/mol. The molecule has 0 spiro atoms. The number of urea groups is 1. The summed E-state index contributed by atoms with van der Waals surface area (Å²) in [6.07, 6.45) is 4.84. The molecule has 148 valence electrons. The van der Waals surface area contributed by atoms with Crippen molar-refractivity contribution in [3.63, 3.8) is 0 Å². The van der Waals surface area contributed by atoms with Gasteiger partial charge in [0.25, 0.3) is 0 Å². The second-order valence-electron chi connectivity index (χ2n) is 7.03. The van der Waals surface area contributed by atoms with Gasteiger partial charge in [0.2, 0.25) is 5.91 Å². The molecule has 3 rings (SSSR count). The van der Waals surface area contributed by atoms with E-state index < -0.39 is 0 Å². The molecule has 0 unspecified atom stereocenters. The zero-order chi connectivity index (χ0) is 19.1. The Balaban J connectivity index is 1.41. The molecular weight excluding hydrogens is 384 g/mol. The summed E-state index contributed by atoms with van der Waals surface area (Å²) in [5, 5.41) is 8.84. The van der Waals surface area contributed by atoms with Gasteiger partial charge < -0.3 is 20.9 Å². The smallest absolute Gasteiger partial charge is 0.315 e. The zero-order valence-corrected chi connectivity index (χ0v) is 17.0. The van der Waals surface area contributed by atoms with E-state index in [1.54, 1.807) is 6.07 Å². The summed E-state index contributed by atoms with van der Waals surface area (Å²) in [5.74, 6) is 2.50. The van der Waals surface area contributed by atoms with Crippen LogP contribution in [0.25, 0.3) is 0 Å². The Kier molecular flexibility index (Phi) is 7.52. The Hall–Kier alpha value is -1.60. The summed E-state index contributed by atoms with van der Waals surface area (Å²) >= 11 is 8.35. The maximum atomic E-state index is 12.1. The van der Waals surface area contributed by atoms with E-state index in [9.17, 15) is 9.59 Å². The summed E-state index contributed by atoms with van der Waals surface area (Å²) in [7, 11) is 0. The van der Waals surface area contributed by atoms with Crippen LogP contribution in [-0.2, 0) is 4.79 Å². The van der Waals surface area contributed by atoms with Crippen molar-refractivity contribution in [2.45, 2.75) is 25.7 Å². The standard InChI is InChI=1S/C19H27ClN4O2S/c20-16-11-15(5-6-17(16)24-7-9-27-10-8-24)23-18(25)13-22-19(26)21-12-14-3-1-2-4-14/h5-6,11,14H,1-4,7-10,12-13H2,(H,23,25)(H2,21,22,26). The van der Waals surface area contributed by atoms with Gasteiger partial charge in [-0.05, 0) is 37.0 Å². The van der Waals surface area contributed by atoms with Crippen molar-refractivity contribution >= 4 is 46.7 Å². The summed E-state index contributed by atoms with van der Waals surface area (Å²) in [4.78, 5) is 26.1.